The molecule has 0 atom stereocenters. The van der Waals surface area contributed by atoms with E-state index in [-0.39, 0.29) is 5.78 Å². The zero-order chi connectivity index (χ0) is 8.10. The Bertz CT molecular complexity index is 196. The third-order valence-corrected chi connectivity index (χ3v) is 1.40. The third-order valence-electron chi connectivity index (χ3n) is 1.40. The lowest BCUT2D eigenvalue weighted by Crippen LogP contribution is -2.32. The highest BCUT2D eigenvalue weighted by Gasteiger charge is 2.04. The zero-order valence-electron chi connectivity index (χ0n) is 6.59. The van der Waals surface area contributed by atoms with E-state index in [0.29, 0.717) is 13.2 Å². The van der Waals surface area contributed by atoms with Gasteiger partial charge < -0.3 is 9.64 Å². The summed E-state index contributed by atoms with van der Waals surface area (Å²) in [5, 5.41) is 0. The number of rotatable bonds is 0. The van der Waals surface area contributed by atoms with Crippen LogP contribution in [-0.4, -0.2) is 37.0 Å². The molecule has 0 spiro atoms. The van der Waals surface area contributed by atoms with Crippen molar-refractivity contribution in [1.82, 2.24) is 4.90 Å². The molecule has 0 aromatic rings. The van der Waals surface area contributed by atoms with Gasteiger partial charge in [-0.25, -0.2) is 0 Å². The maximum Gasteiger partial charge on any atom is 0.204 e. The quantitative estimate of drug-likeness (QED) is 0.454. The van der Waals surface area contributed by atoms with E-state index in [0.717, 1.165) is 13.1 Å². The van der Waals surface area contributed by atoms with Crippen molar-refractivity contribution in [3.05, 3.63) is 0 Å². The summed E-state index contributed by atoms with van der Waals surface area (Å²) < 4.78 is 5.11. The normalized spacial score (nSPS) is 17.0. The van der Waals surface area contributed by atoms with Crippen LogP contribution in [0.25, 0.3) is 0 Å². The number of ether oxygens (including phenoxy) is 1. The minimum absolute atomic E-state index is 0.0866. The van der Waals surface area contributed by atoms with Gasteiger partial charge >= 0.3 is 0 Å². The molecule has 11 heavy (non-hydrogen) atoms. The zero-order valence-corrected chi connectivity index (χ0v) is 6.59. The first-order valence-electron chi connectivity index (χ1n) is 3.64. The van der Waals surface area contributed by atoms with Crippen molar-refractivity contribution in [2.45, 2.75) is 6.92 Å². The molecule has 1 fully saturated rings. The average molecular weight is 153 g/mol. The summed E-state index contributed by atoms with van der Waals surface area (Å²) in [5.74, 6) is 2.41. The van der Waals surface area contributed by atoms with E-state index in [1.807, 2.05) is 4.90 Å². The number of carbonyl (C=O) groups excluding carboxylic acids is 1. The molecule has 1 heterocycles. The molecule has 60 valence electrons. The molecule has 3 heteroatoms. The Morgan fingerprint density at radius 2 is 2.09 bits per heavy atom. The van der Waals surface area contributed by atoms with Crippen molar-refractivity contribution in [3.63, 3.8) is 0 Å². The molecule has 1 saturated heterocycles. The van der Waals surface area contributed by atoms with Crippen LogP contribution in [0.3, 0.4) is 0 Å². The number of hydrogen-bond acceptors (Lipinski definition) is 3. The van der Waals surface area contributed by atoms with Crippen LogP contribution in [0.5, 0.6) is 0 Å². The second-order valence-electron chi connectivity index (χ2n) is 2.39. The van der Waals surface area contributed by atoms with Crippen LogP contribution in [0.1, 0.15) is 6.92 Å². The highest BCUT2D eigenvalue weighted by Crippen LogP contribution is 1.92. The van der Waals surface area contributed by atoms with E-state index >= 15 is 0 Å². The number of ketones is 1. The average Bonchev–Trinajstić information content (AvgIpc) is 2.03. The Labute approximate surface area is 66.3 Å². The van der Waals surface area contributed by atoms with Gasteiger partial charge in [0, 0.05) is 26.1 Å². The molecule has 0 radical (unpaired) electrons. The first-order valence-corrected chi connectivity index (χ1v) is 3.64. The molecule has 0 bridgehead atoms. The lowest BCUT2D eigenvalue weighted by molar-refractivity contribution is -0.111. The molecule has 1 aliphatic heterocycles. The number of hydrogen-bond donors (Lipinski definition) is 0. The fourth-order valence-electron chi connectivity index (χ4n) is 0.833. The van der Waals surface area contributed by atoms with Crippen molar-refractivity contribution < 1.29 is 9.53 Å². The lowest BCUT2D eigenvalue weighted by atomic mass is 10.4. The number of carbonyl (C=O) groups is 1. The maximum atomic E-state index is 10.5. The van der Waals surface area contributed by atoms with Gasteiger partial charge in [0.25, 0.3) is 0 Å². The van der Waals surface area contributed by atoms with Gasteiger partial charge in [-0.15, -0.1) is 0 Å². The van der Waals surface area contributed by atoms with Gasteiger partial charge in [-0.1, -0.05) is 0 Å². The Hall–Kier alpha value is -1.01. The van der Waals surface area contributed by atoms with Crippen LogP contribution in [0, 0.1) is 12.0 Å². The van der Waals surface area contributed by atoms with E-state index in [1.54, 1.807) is 0 Å². The van der Waals surface area contributed by atoms with Gasteiger partial charge in [-0.2, -0.15) is 0 Å². The van der Waals surface area contributed by atoms with E-state index in [4.69, 9.17) is 4.74 Å². The Morgan fingerprint density at radius 3 is 2.64 bits per heavy atom. The summed E-state index contributed by atoms with van der Waals surface area (Å²) in [5.41, 5.74) is 0. The second kappa shape index (κ2) is 3.99. The van der Waals surface area contributed by atoms with E-state index < -0.39 is 0 Å². The van der Waals surface area contributed by atoms with Gasteiger partial charge in [0.2, 0.25) is 5.78 Å². The number of Topliss-reactive ketones (excluding diaryl/α,β-unsaturated/α-hetero) is 1. The van der Waals surface area contributed by atoms with Crippen LogP contribution in [0.4, 0.5) is 0 Å². The minimum atomic E-state index is -0.0866. The first kappa shape index (κ1) is 8.09. The molecule has 1 aliphatic rings. The molecular weight excluding hydrogens is 142 g/mol. The Balaban J connectivity index is 2.36. The molecule has 0 unspecified atom stereocenters. The lowest BCUT2D eigenvalue weighted by Gasteiger charge is -2.22. The van der Waals surface area contributed by atoms with Crippen LogP contribution in [-0.2, 0) is 9.53 Å². The summed E-state index contributed by atoms with van der Waals surface area (Å²) in [7, 11) is 0. The Morgan fingerprint density at radius 1 is 1.45 bits per heavy atom. The van der Waals surface area contributed by atoms with E-state index in [9.17, 15) is 4.79 Å². The summed E-state index contributed by atoms with van der Waals surface area (Å²) in [6.45, 7) is 4.51. The maximum absolute atomic E-state index is 10.5. The van der Waals surface area contributed by atoms with E-state index in [2.05, 4.69) is 12.0 Å². The molecule has 0 aliphatic carbocycles. The minimum Gasteiger partial charge on any atom is -0.378 e. The van der Waals surface area contributed by atoms with Crippen LogP contribution in [0.2, 0.25) is 0 Å². The van der Waals surface area contributed by atoms with Crippen molar-refractivity contribution in [3.8, 4) is 12.0 Å². The van der Waals surface area contributed by atoms with Crippen LogP contribution < -0.4 is 0 Å². The predicted octanol–water partition coefficient (Wildman–Crippen LogP) is -0.132. The fraction of sp³-hybridized carbons (Fsp3) is 0.625. The SMILES string of the molecule is CC(=O)C#CN1CCOCC1. The molecule has 0 N–H and O–H groups in total. The van der Waals surface area contributed by atoms with Crippen molar-refractivity contribution >= 4 is 5.78 Å². The highest BCUT2D eigenvalue weighted by atomic mass is 16.5. The van der Waals surface area contributed by atoms with Gasteiger partial charge in [-0.3, -0.25) is 4.79 Å². The van der Waals surface area contributed by atoms with Crippen LogP contribution in [0.15, 0.2) is 0 Å². The standard InChI is InChI=1S/C8H11NO2/c1-8(10)2-3-9-4-6-11-7-5-9/h4-7H2,1H3. The topological polar surface area (TPSA) is 29.5 Å². The predicted molar refractivity (Wildman–Crippen MR) is 40.8 cm³/mol. The second-order valence-corrected chi connectivity index (χ2v) is 2.39. The van der Waals surface area contributed by atoms with E-state index in [1.165, 1.54) is 6.92 Å². The number of morpholine rings is 1. The summed E-state index contributed by atoms with van der Waals surface area (Å²) in [6, 6.07) is 2.77. The van der Waals surface area contributed by atoms with Crippen LogP contribution >= 0.6 is 0 Å². The van der Waals surface area contributed by atoms with Gasteiger partial charge in [0.15, 0.2) is 0 Å². The smallest absolute Gasteiger partial charge is 0.204 e. The summed E-state index contributed by atoms with van der Waals surface area (Å²) in [4.78, 5) is 12.4. The fourth-order valence-corrected chi connectivity index (χ4v) is 0.833. The highest BCUT2D eigenvalue weighted by molar-refractivity contribution is 5.93. The number of nitrogens with zero attached hydrogens (tertiary/aromatic N) is 1. The van der Waals surface area contributed by atoms with Gasteiger partial charge in [0.05, 0.1) is 13.2 Å². The van der Waals surface area contributed by atoms with Crippen molar-refractivity contribution in [2.24, 2.45) is 0 Å². The monoisotopic (exact) mass is 153 g/mol. The molecular formula is C8H11NO2. The van der Waals surface area contributed by atoms with Gasteiger partial charge in [-0.05, 0) is 5.92 Å². The van der Waals surface area contributed by atoms with Crippen molar-refractivity contribution in [1.29, 1.82) is 0 Å². The molecule has 1 rings (SSSR count). The molecule has 3 nitrogen and oxygen atoms in total. The molecule has 0 aromatic heterocycles. The van der Waals surface area contributed by atoms with Crippen molar-refractivity contribution in [2.75, 3.05) is 26.3 Å². The molecule has 0 aromatic carbocycles. The molecule has 0 amide bonds. The largest absolute Gasteiger partial charge is 0.378 e. The first-order chi connectivity index (χ1) is 5.29. The summed E-state index contributed by atoms with van der Waals surface area (Å²) >= 11 is 0. The Kier molecular flexibility index (Phi) is 2.94. The summed E-state index contributed by atoms with van der Waals surface area (Å²) in [6.07, 6.45) is 0. The third kappa shape index (κ3) is 3.06. The molecule has 0 saturated carbocycles. The van der Waals surface area contributed by atoms with Gasteiger partial charge in [0.1, 0.15) is 0 Å².